The number of hydrogen-bond donors (Lipinski definition) is 0. The molecule has 0 N–H and O–H groups in total. The number of hydrogen-bond acceptors (Lipinski definition) is 7. The molecule has 1 saturated heterocycles. The van der Waals surface area contributed by atoms with Gasteiger partial charge < -0.3 is 9.47 Å². The van der Waals surface area contributed by atoms with E-state index in [-0.39, 0.29) is 16.5 Å². The maximum atomic E-state index is 13.1. The van der Waals surface area contributed by atoms with Gasteiger partial charge >= 0.3 is 0 Å². The minimum Gasteiger partial charge on any atom is -0.493 e. The van der Waals surface area contributed by atoms with Crippen molar-refractivity contribution in [1.82, 2.24) is 18.8 Å². The van der Waals surface area contributed by atoms with Crippen molar-refractivity contribution in [2.75, 3.05) is 40.4 Å². The van der Waals surface area contributed by atoms with E-state index in [0.717, 1.165) is 0 Å². The smallest absolute Gasteiger partial charge is 0.261 e. The number of piperazine rings is 1. The number of rotatable bonds is 6. The Morgan fingerprint density at radius 3 is 2.18 bits per heavy atom. The van der Waals surface area contributed by atoms with Gasteiger partial charge in [-0.15, -0.1) is 0 Å². The quantitative estimate of drug-likeness (QED) is 0.507. The Kier molecular flexibility index (Phi) is 6.86. The van der Waals surface area contributed by atoms with Crippen LogP contribution in [0, 0.1) is 0 Å². The summed E-state index contributed by atoms with van der Waals surface area (Å²) in [5.74, 6) is 1.56. The van der Waals surface area contributed by atoms with Crippen molar-refractivity contribution < 1.29 is 17.9 Å². The van der Waals surface area contributed by atoms with Crippen molar-refractivity contribution in [3.8, 4) is 11.5 Å². The zero-order chi connectivity index (χ0) is 24.6. The lowest BCUT2D eigenvalue weighted by Gasteiger charge is -2.37. The first-order valence-electron chi connectivity index (χ1n) is 10.8. The van der Waals surface area contributed by atoms with E-state index >= 15 is 0 Å². The minimum atomic E-state index is -3.60. The van der Waals surface area contributed by atoms with E-state index in [0.29, 0.717) is 59.4 Å². The van der Waals surface area contributed by atoms with Gasteiger partial charge in [-0.1, -0.05) is 11.6 Å². The molecule has 9 nitrogen and oxygen atoms in total. The maximum Gasteiger partial charge on any atom is 0.261 e. The van der Waals surface area contributed by atoms with E-state index in [1.807, 2.05) is 6.92 Å². The van der Waals surface area contributed by atoms with Gasteiger partial charge in [0.1, 0.15) is 5.82 Å². The summed E-state index contributed by atoms with van der Waals surface area (Å²) in [6.07, 6.45) is 0. The third-order valence-electron chi connectivity index (χ3n) is 6.26. The van der Waals surface area contributed by atoms with Crippen LogP contribution in [0.15, 0.2) is 46.1 Å². The highest BCUT2D eigenvalue weighted by molar-refractivity contribution is 7.89. The van der Waals surface area contributed by atoms with Crippen molar-refractivity contribution in [1.29, 1.82) is 0 Å². The molecule has 1 aliphatic heterocycles. The van der Waals surface area contributed by atoms with Gasteiger partial charge in [0.2, 0.25) is 10.0 Å². The highest BCUT2D eigenvalue weighted by atomic mass is 35.5. The molecule has 2 heterocycles. The zero-order valence-corrected chi connectivity index (χ0v) is 21.1. The molecule has 182 valence electrons. The van der Waals surface area contributed by atoms with Crippen molar-refractivity contribution in [3.63, 3.8) is 0 Å². The summed E-state index contributed by atoms with van der Waals surface area (Å²) in [5, 5.41) is 0.928. The Morgan fingerprint density at radius 1 is 1.00 bits per heavy atom. The average Bonchev–Trinajstić information content (AvgIpc) is 2.85. The Bertz CT molecular complexity index is 1370. The van der Waals surface area contributed by atoms with E-state index in [4.69, 9.17) is 26.1 Å². The number of aromatic nitrogens is 2. The second kappa shape index (κ2) is 9.53. The fraction of sp³-hybridized carbons (Fsp3) is 0.391. The summed E-state index contributed by atoms with van der Waals surface area (Å²) in [6.45, 7) is 3.66. The fourth-order valence-electron chi connectivity index (χ4n) is 4.24. The van der Waals surface area contributed by atoms with Crippen LogP contribution in [0.3, 0.4) is 0 Å². The molecular weight excluding hydrogens is 480 g/mol. The molecule has 1 aromatic heterocycles. The first kappa shape index (κ1) is 24.5. The fourth-order valence-corrected chi connectivity index (χ4v) is 5.79. The predicted molar refractivity (Wildman–Crippen MR) is 130 cm³/mol. The third-order valence-corrected chi connectivity index (χ3v) is 8.43. The van der Waals surface area contributed by atoms with Crippen molar-refractivity contribution >= 4 is 32.5 Å². The predicted octanol–water partition coefficient (Wildman–Crippen LogP) is 2.67. The standard InChI is InChI=1S/C23H27ClN4O5S/c1-15(22-25-19-14-21(33-4)20(32-3)13-18(19)23(29)26(22)2)27-9-11-28(12-10-27)34(30,31)17-7-5-16(24)6-8-17/h5-8,13-15H,9-12H2,1-4H3. The normalized spacial score (nSPS) is 16.5. The molecule has 3 aromatic rings. The van der Waals surface area contributed by atoms with Crippen molar-refractivity contribution in [2.45, 2.75) is 17.9 Å². The summed E-state index contributed by atoms with van der Waals surface area (Å²) in [4.78, 5) is 20.2. The molecular formula is C23H27ClN4O5S. The van der Waals surface area contributed by atoms with Crippen molar-refractivity contribution in [2.24, 2.45) is 7.05 Å². The second-order valence-electron chi connectivity index (χ2n) is 8.13. The molecule has 34 heavy (non-hydrogen) atoms. The highest BCUT2D eigenvalue weighted by Gasteiger charge is 2.31. The monoisotopic (exact) mass is 506 g/mol. The molecule has 2 aromatic carbocycles. The molecule has 0 bridgehead atoms. The molecule has 0 saturated carbocycles. The number of methoxy groups -OCH3 is 2. The summed E-state index contributed by atoms with van der Waals surface area (Å²) < 4.78 is 39.7. The van der Waals surface area contributed by atoms with Crippen LogP contribution in [0.2, 0.25) is 5.02 Å². The lowest BCUT2D eigenvalue weighted by Crippen LogP contribution is -2.49. The Labute approximate surface area is 203 Å². The van der Waals surface area contributed by atoms with Gasteiger partial charge in [-0.25, -0.2) is 13.4 Å². The first-order chi connectivity index (χ1) is 16.2. The van der Waals surface area contributed by atoms with Gasteiger partial charge in [-0.3, -0.25) is 14.3 Å². The van der Waals surface area contributed by atoms with Crippen LogP contribution < -0.4 is 15.0 Å². The third kappa shape index (κ3) is 4.38. The molecule has 4 rings (SSSR count). The van der Waals surface area contributed by atoms with Crippen LogP contribution in [0.25, 0.3) is 10.9 Å². The van der Waals surface area contributed by atoms with Crippen molar-refractivity contribution in [3.05, 3.63) is 57.6 Å². The number of nitrogens with zero attached hydrogens (tertiary/aromatic N) is 4. The van der Waals surface area contributed by atoms with E-state index in [1.165, 1.54) is 35.2 Å². The Hall–Kier alpha value is -2.66. The van der Waals surface area contributed by atoms with Gasteiger partial charge in [0.15, 0.2) is 11.5 Å². The van der Waals surface area contributed by atoms with Crippen LogP contribution in [0.4, 0.5) is 0 Å². The molecule has 1 atom stereocenters. The maximum absolute atomic E-state index is 13.1. The van der Waals surface area contributed by atoms with Crippen LogP contribution in [0.1, 0.15) is 18.8 Å². The van der Waals surface area contributed by atoms with Gasteiger partial charge in [-0.2, -0.15) is 4.31 Å². The lowest BCUT2D eigenvalue weighted by atomic mass is 10.1. The van der Waals surface area contributed by atoms with Crippen LogP contribution in [-0.2, 0) is 17.1 Å². The number of benzene rings is 2. The molecule has 1 fully saturated rings. The molecule has 0 aliphatic carbocycles. The molecule has 1 unspecified atom stereocenters. The molecule has 1 aliphatic rings. The molecule has 11 heteroatoms. The SMILES string of the molecule is COc1cc2nc(C(C)N3CCN(S(=O)(=O)c4ccc(Cl)cc4)CC3)n(C)c(=O)c2cc1OC. The van der Waals surface area contributed by atoms with E-state index in [9.17, 15) is 13.2 Å². The summed E-state index contributed by atoms with van der Waals surface area (Å²) in [6, 6.07) is 9.32. The van der Waals surface area contributed by atoms with Crippen LogP contribution >= 0.6 is 11.6 Å². The average molecular weight is 507 g/mol. The highest BCUT2D eigenvalue weighted by Crippen LogP contribution is 2.31. The Morgan fingerprint density at radius 2 is 1.59 bits per heavy atom. The summed E-state index contributed by atoms with van der Waals surface area (Å²) in [7, 11) is 1.15. The second-order valence-corrected chi connectivity index (χ2v) is 10.5. The largest absolute Gasteiger partial charge is 0.493 e. The van der Waals surface area contributed by atoms with E-state index in [2.05, 4.69) is 4.90 Å². The number of halogens is 1. The van der Waals surface area contributed by atoms with Crippen LogP contribution in [0.5, 0.6) is 11.5 Å². The number of sulfonamides is 1. The minimum absolute atomic E-state index is 0.184. The molecule has 0 radical (unpaired) electrons. The van der Waals surface area contributed by atoms with Gasteiger partial charge in [0.05, 0.1) is 36.1 Å². The summed E-state index contributed by atoms with van der Waals surface area (Å²) >= 11 is 5.89. The Balaban J connectivity index is 1.57. The van der Waals surface area contributed by atoms with E-state index in [1.54, 1.807) is 31.3 Å². The summed E-state index contributed by atoms with van der Waals surface area (Å²) in [5.41, 5.74) is 0.336. The topological polar surface area (TPSA) is 94.0 Å². The molecule has 0 spiro atoms. The molecule has 0 amide bonds. The van der Waals surface area contributed by atoms with Crippen LogP contribution in [-0.4, -0.2) is 67.6 Å². The van der Waals surface area contributed by atoms with Gasteiger partial charge in [-0.05, 0) is 37.3 Å². The lowest BCUT2D eigenvalue weighted by molar-refractivity contribution is 0.139. The van der Waals surface area contributed by atoms with E-state index < -0.39 is 10.0 Å². The number of fused-ring (bicyclic) bond motifs is 1. The number of ether oxygens (including phenoxy) is 2. The van der Waals surface area contributed by atoms with Gasteiger partial charge in [0, 0.05) is 44.3 Å². The zero-order valence-electron chi connectivity index (χ0n) is 19.5. The van der Waals surface area contributed by atoms with Gasteiger partial charge in [0.25, 0.3) is 5.56 Å². The first-order valence-corrected chi connectivity index (χ1v) is 12.6.